The van der Waals surface area contributed by atoms with Crippen LogP contribution in [0.4, 0.5) is 0 Å². The summed E-state index contributed by atoms with van der Waals surface area (Å²) in [7, 11) is 0. The first kappa shape index (κ1) is 14.4. The van der Waals surface area contributed by atoms with Crippen LogP contribution < -0.4 is 0 Å². The van der Waals surface area contributed by atoms with E-state index >= 15 is 0 Å². The molecule has 0 saturated heterocycles. The Kier molecular flexibility index (Phi) is 3.91. The fourth-order valence-electron chi connectivity index (χ4n) is 2.51. The van der Waals surface area contributed by atoms with Crippen LogP contribution in [0.2, 0.25) is 0 Å². The predicted octanol–water partition coefficient (Wildman–Crippen LogP) is 2.91. The average Bonchev–Trinajstić information content (AvgIpc) is 3.36. The van der Waals surface area contributed by atoms with Crippen molar-refractivity contribution in [2.24, 2.45) is 0 Å². The van der Waals surface area contributed by atoms with Crippen LogP contribution in [-0.4, -0.2) is 30.4 Å². The zero-order chi connectivity index (χ0) is 16.2. The number of rotatable bonds is 6. The number of hydrogen-bond acceptors (Lipinski definition) is 4. The van der Waals surface area contributed by atoms with Crippen molar-refractivity contribution in [2.45, 2.75) is 13.2 Å². The van der Waals surface area contributed by atoms with Gasteiger partial charge in [0.2, 0.25) is 0 Å². The van der Waals surface area contributed by atoms with Gasteiger partial charge in [0, 0.05) is 29.8 Å². The molecule has 3 N–H and O–H groups in total. The second-order valence-electron chi connectivity index (χ2n) is 5.35. The number of nitrogens with zero attached hydrogens (tertiary/aromatic N) is 3. The molecule has 4 aromatic rings. The molecule has 0 fully saturated rings. The van der Waals surface area contributed by atoms with Crippen molar-refractivity contribution in [1.82, 2.24) is 30.4 Å². The lowest BCUT2D eigenvalue weighted by Crippen LogP contribution is -1.93. The van der Waals surface area contributed by atoms with Gasteiger partial charge < -0.3 is 14.7 Å². The zero-order valence-electron chi connectivity index (χ0n) is 12.9. The van der Waals surface area contributed by atoms with Gasteiger partial charge in [-0.25, -0.2) is 4.98 Å². The number of benzene rings is 1. The third kappa shape index (κ3) is 2.97. The molecule has 120 valence electrons. The van der Waals surface area contributed by atoms with Crippen LogP contribution in [0.3, 0.4) is 0 Å². The minimum absolute atomic E-state index is 0.503. The van der Waals surface area contributed by atoms with E-state index in [1.807, 2.05) is 42.6 Å². The predicted molar refractivity (Wildman–Crippen MR) is 88.7 cm³/mol. The largest absolute Gasteiger partial charge is 0.371 e. The summed E-state index contributed by atoms with van der Waals surface area (Å²) in [5.74, 6) is 0.682. The van der Waals surface area contributed by atoms with Crippen molar-refractivity contribution in [1.29, 1.82) is 0 Å². The van der Waals surface area contributed by atoms with E-state index in [1.165, 1.54) is 0 Å². The maximum atomic E-state index is 5.75. The number of hydrogen-bond donors (Lipinski definition) is 3. The first-order valence-corrected chi connectivity index (χ1v) is 7.60. The third-order valence-corrected chi connectivity index (χ3v) is 3.66. The van der Waals surface area contributed by atoms with E-state index < -0.39 is 0 Å². The summed E-state index contributed by atoms with van der Waals surface area (Å²) in [6, 6.07) is 12.1. The van der Waals surface area contributed by atoms with Crippen molar-refractivity contribution in [3.63, 3.8) is 0 Å². The van der Waals surface area contributed by atoms with Crippen LogP contribution in [0.25, 0.3) is 22.8 Å². The molecule has 0 aliphatic heterocycles. The third-order valence-electron chi connectivity index (χ3n) is 3.66. The standard InChI is InChI=1S/C17H16N6O/c1-2-4-12(5-3-1)10-24-11-14-8-13(9-20-14)15-16(22-23-21-15)17-18-6-7-19-17/h1-9,20H,10-11H2,(H,18,19)(H,21,22,23). The zero-order valence-corrected chi connectivity index (χ0v) is 12.9. The van der Waals surface area contributed by atoms with Crippen molar-refractivity contribution in [3.8, 4) is 22.8 Å². The first-order chi connectivity index (χ1) is 11.9. The smallest absolute Gasteiger partial charge is 0.160 e. The summed E-state index contributed by atoms with van der Waals surface area (Å²) in [5.41, 5.74) is 4.51. The second-order valence-corrected chi connectivity index (χ2v) is 5.35. The van der Waals surface area contributed by atoms with E-state index in [0.29, 0.717) is 24.7 Å². The van der Waals surface area contributed by atoms with E-state index in [1.54, 1.807) is 12.4 Å². The molecule has 1 aromatic carbocycles. The lowest BCUT2D eigenvalue weighted by molar-refractivity contribution is 0.105. The number of aromatic nitrogens is 6. The molecule has 0 saturated carbocycles. The summed E-state index contributed by atoms with van der Waals surface area (Å²) in [6.45, 7) is 1.08. The Bertz CT molecular complexity index is 894. The van der Waals surface area contributed by atoms with Gasteiger partial charge >= 0.3 is 0 Å². The highest BCUT2D eigenvalue weighted by Crippen LogP contribution is 2.26. The van der Waals surface area contributed by atoms with Crippen LogP contribution >= 0.6 is 0 Å². The van der Waals surface area contributed by atoms with Gasteiger partial charge in [-0.05, 0) is 11.6 Å². The van der Waals surface area contributed by atoms with Crippen molar-refractivity contribution < 1.29 is 4.74 Å². The van der Waals surface area contributed by atoms with E-state index in [9.17, 15) is 0 Å². The summed E-state index contributed by atoms with van der Waals surface area (Å²) >= 11 is 0. The monoisotopic (exact) mass is 320 g/mol. The number of aromatic amines is 3. The molecule has 0 spiro atoms. The highest BCUT2D eigenvalue weighted by molar-refractivity contribution is 5.73. The summed E-state index contributed by atoms with van der Waals surface area (Å²) in [6.07, 6.45) is 5.34. The van der Waals surface area contributed by atoms with Gasteiger partial charge in [0.05, 0.1) is 13.2 Å². The Balaban J connectivity index is 1.45. The Morgan fingerprint density at radius 2 is 1.83 bits per heavy atom. The summed E-state index contributed by atoms with van der Waals surface area (Å²) in [4.78, 5) is 10.5. The first-order valence-electron chi connectivity index (χ1n) is 7.60. The van der Waals surface area contributed by atoms with Crippen LogP contribution in [0.1, 0.15) is 11.3 Å². The lowest BCUT2D eigenvalue weighted by atomic mass is 10.2. The van der Waals surface area contributed by atoms with Crippen molar-refractivity contribution >= 4 is 0 Å². The Morgan fingerprint density at radius 1 is 0.958 bits per heavy atom. The lowest BCUT2D eigenvalue weighted by Gasteiger charge is -2.02. The fraction of sp³-hybridized carbons (Fsp3) is 0.118. The normalized spacial score (nSPS) is 11.0. The topological polar surface area (TPSA) is 95.3 Å². The molecule has 3 aromatic heterocycles. The average molecular weight is 320 g/mol. The SMILES string of the molecule is c1ccc(COCc2cc(-c3n[nH]nc3-c3ncc[nH]3)c[nH]2)cc1. The molecule has 3 heterocycles. The van der Waals surface area contributed by atoms with Gasteiger partial charge in [-0.2, -0.15) is 15.4 Å². The second kappa shape index (κ2) is 6.51. The molecule has 0 radical (unpaired) electrons. The highest BCUT2D eigenvalue weighted by atomic mass is 16.5. The minimum Gasteiger partial charge on any atom is -0.371 e. The van der Waals surface area contributed by atoms with Crippen LogP contribution in [-0.2, 0) is 18.0 Å². The summed E-state index contributed by atoms with van der Waals surface area (Å²) in [5, 5.41) is 11.1. The van der Waals surface area contributed by atoms with E-state index in [2.05, 4.69) is 30.4 Å². The Hall–Kier alpha value is -3.19. The van der Waals surface area contributed by atoms with E-state index in [4.69, 9.17) is 4.74 Å². The molecule has 24 heavy (non-hydrogen) atoms. The summed E-state index contributed by atoms with van der Waals surface area (Å²) < 4.78 is 5.75. The van der Waals surface area contributed by atoms with Crippen LogP contribution in [0.15, 0.2) is 55.0 Å². The molecule has 7 nitrogen and oxygen atoms in total. The van der Waals surface area contributed by atoms with Crippen LogP contribution in [0, 0.1) is 0 Å². The molecule has 0 aliphatic rings. The molecule has 0 amide bonds. The molecule has 7 heteroatoms. The highest BCUT2D eigenvalue weighted by Gasteiger charge is 2.15. The van der Waals surface area contributed by atoms with Gasteiger partial charge in [0.15, 0.2) is 11.5 Å². The van der Waals surface area contributed by atoms with Gasteiger partial charge in [0.25, 0.3) is 0 Å². The maximum absolute atomic E-state index is 5.75. The number of ether oxygens (including phenoxy) is 1. The van der Waals surface area contributed by atoms with E-state index in [0.717, 1.165) is 22.5 Å². The molecular weight excluding hydrogens is 304 g/mol. The molecule has 0 unspecified atom stereocenters. The van der Waals surface area contributed by atoms with Crippen molar-refractivity contribution in [3.05, 3.63) is 66.2 Å². The molecule has 0 aliphatic carbocycles. The van der Waals surface area contributed by atoms with Gasteiger partial charge in [-0.1, -0.05) is 30.3 Å². The molecular formula is C17H16N6O. The van der Waals surface area contributed by atoms with E-state index in [-0.39, 0.29) is 0 Å². The maximum Gasteiger partial charge on any atom is 0.160 e. The molecule has 0 bridgehead atoms. The Morgan fingerprint density at radius 3 is 2.67 bits per heavy atom. The number of H-pyrrole nitrogens is 3. The van der Waals surface area contributed by atoms with Crippen LogP contribution in [0.5, 0.6) is 0 Å². The quantitative estimate of drug-likeness (QED) is 0.509. The number of imidazole rings is 1. The van der Waals surface area contributed by atoms with Gasteiger partial charge in [0.1, 0.15) is 5.69 Å². The van der Waals surface area contributed by atoms with Gasteiger partial charge in [-0.15, -0.1) is 0 Å². The molecule has 4 rings (SSSR count). The fourth-order valence-corrected chi connectivity index (χ4v) is 2.51. The Labute approximate surface area is 138 Å². The minimum atomic E-state index is 0.503. The van der Waals surface area contributed by atoms with Crippen molar-refractivity contribution in [2.75, 3.05) is 0 Å². The van der Waals surface area contributed by atoms with Gasteiger partial charge in [-0.3, -0.25) is 0 Å². The molecule has 0 atom stereocenters. The number of nitrogens with one attached hydrogen (secondary N) is 3.